The smallest absolute Gasteiger partial charge is 0.311 e. The van der Waals surface area contributed by atoms with Gasteiger partial charge in [0.05, 0.1) is 42.9 Å². The molecule has 38 heavy (non-hydrogen) atoms. The zero-order chi connectivity index (χ0) is 27.0. The van der Waals surface area contributed by atoms with E-state index in [-0.39, 0.29) is 35.6 Å². The Morgan fingerprint density at radius 1 is 1.18 bits per heavy atom. The number of carbonyl (C=O) groups is 3. The van der Waals surface area contributed by atoms with E-state index in [0.717, 1.165) is 19.3 Å². The summed E-state index contributed by atoms with van der Waals surface area (Å²) >= 11 is 1.52. The van der Waals surface area contributed by atoms with Gasteiger partial charge in [0, 0.05) is 17.5 Å². The van der Waals surface area contributed by atoms with Gasteiger partial charge in [-0.05, 0) is 43.0 Å². The maximum atomic E-state index is 14.5. The number of allylic oxidation sites excluding steroid dienone is 1. The van der Waals surface area contributed by atoms with Crippen molar-refractivity contribution in [3.63, 3.8) is 0 Å². The van der Waals surface area contributed by atoms with Crippen LogP contribution in [-0.2, 0) is 19.1 Å². The van der Waals surface area contributed by atoms with Crippen molar-refractivity contribution in [2.24, 2.45) is 17.8 Å². The van der Waals surface area contributed by atoms with Gasteiger partial charge in [-0.3, -0.25) is 14.4 Å². The minimum Gasteiger partial charge on any atom is -0.497 e. The number of ether oxygens (including phenoxy) is 2. The average Bonchev–Trinajstić information content (AvgIpc) is 3.34. The van der Waals surface area contributed by atoms with Gasteiger partial charge < -0.3 is 24.4 Å². The number of fused-ring (bicyclic) bond motifs is 2. The molecule has 5 rings (SSSR count). The minimum absolute atomic E-state index is 0.0394. The number of cyclic esters (lactones) is 1. The van der Waals surface area contributed by atoms with E-state index in [4.69, 9.17) is 9.47 Å². The van der Waals surface area contributed by atoms with Crippen LogP contribution < -0.4 is 9.64 Å². The van der Waals surface area contributed by atoms with E-state index in [1.807, 2.05) is 44.2 Å². The highest BCUT2D eigenvalue weighted by Crippen LogP contribution is 2.61. The Kier molecular flexibility index (Phi) is 7.60. The highest BCUT2D eigenvalue weighted by Gasteiger charge is 2.72. The largest absolute Gasteiger partial charge is 0.497 e. The number of hydrogen-bond acceptors (Lipinski definition) is 7. The number of benzene rings is 1. The highest BCUT2D eigenvalue weighted by molar-refractivity contribution is 8.02. The van der Waals surface area contributed by atoms with E-state index in [0.29, 0.717) is 24.6 Å². The summed E-state index contributed by atoms with van der Waals surface area (Å²) in [5.74, 6) is -1.67. The molecule has 9 heteroatoms. The molecule has 2 saturated heterocycles. The molecule has 8 nitrogen and oxygen atoms in total. The van der Waals surface area contributed by atoms with Crippen molar-refractivity contribution < 1.29 is 29.0 Å². The molecule has 0 bridgehead atoms. The molecular formula is C29H36N2O6S. The fourth-order valence-electron chi connectivity index (χ4n) is 6.36. The number of thioether (sulfide) groups is 1. The Balaban J connectivity index is 1.64. The fraction of sp³-hybridized carbons (Fsp3) is 0.552. The zero-order valence-electron chi connectivity index (χ0n) is 22.1. The van der Waals surface area contributed by atoms with Gasteiger partial charge >= 0.3 is 5.97 Å². The predicted molar refractivity (Wildman–Crippen MR) is 146 cm³/mol. The number of aliphatic hydroxyl groups excluding tert-OH is 1. The summed E-state index contributed by atoms with van der Waals surface area (Å²) < 4.78 is 9.97. The standard InChI is InChI=1S/C29H36N2O6S/c1-4-18(2)21(17-32)31-25-27(34)30(19-10-12-20(36-3)13-11-19)15-8-14-29(25)24(26(31)33)23-22(38-29)9-6-5-7-16-37-28(23)35/h6,8-14,18,21-25,32H,4-5,7,15-17H2,1-3H3/b9-6-/t18-,21-,22+,23-,24-,25?,29-/m0/s1. The quantitative estimate of drug-likeness (QED) is 0.437. The molecule has 0 radical (unpaired) electrons. The predicted octanol–water partition coefficient (Wildman–Crippen LogP) is 3.20. The van der Waals surface area contributed by atoms with E-state index in [1.165, 1.54) is 11.8 Å². The molecule has 1 aromatic carbocycles. The summed E-state index contributed by atoms with van der Waals surface area (Å²) in [4.78, 5) is 45.6. The van der Waals surface area contributed by atoms with Gasteiger partial charge in [-0.25, -0.2) is 0 Å². The van der Waals surface area contributed by atoms with Gasteiger partial charge in [0.25, 0.3) is 5.91 Å². The molecule has 0 saturated carbocycles. The van der Waals surface area contributed by atoms with Crippen molar-refractivity contribution in [1.82, 2.24) is 4.90 Å². The number of rotatable bonds is 6. The van der Waals surface area contributed by atoms with Crippen LogP contribution in [0.1, 0.15) is 33.1 Å². The first kappa shape index (κ1) is 26.8. The van der Waals surface area contributed by atoms with E-state index in [2.05, 4.69) is 6.08 Å². The Bertz CT molecular complexity index is 1140. The third kappa shape index (κ3) is 4.24. The molecule has 4 aliphatic heterocycles. The summed E-state index contributed by atoms with van der Waals surface area (Å²) in [7, 11) is 1.59. The third-order valence-electron chi connectivity index (χ3n) is 8.52. The second kappa shape index (κ2) is 10.8. The van der Waals surface area contributed by atoms with Crippen molar-refractivity contribution in [3.05, 3.63) is 48.6 Å². The van der Waals surface area contributed by atoms with E-state index in [1.54, 1.807) is 29.0 Å². The molecule has 1 N–H and O–H groups in total. The first-order chi connectivity index (χ1) is 18.4. The first-order valence-electron chi connectivity index (χ1n) is 13.4. The Morgan fingerprint density at radius 2 is 1.95 bits per heavy atom. The molecule has 2 fully saturated rings. The van der Waals surface area contributed by atoms with Crippen molar-refractivity contribution in [2.45, 2.75) is 55.2 Å². The lowest BCUT2D eigenvalue weighted by Crippen LogP contribution is -2.58. The maximum Gasteiger partial charge on any atom is 0.311 e. The van der Waals surface area contributed by atoms with Crippen LogP contribution >= 0.6 is 11.8 Å². The molecule has 204 valence electrons. The monoisotopic (exact) mass is 540 g/mol. The zero-order valence-corrected chi connectivity index (χ0v) is 22.9. The van der Waals surface area contributed by atoms with Crippen LogP contribution in [0.5, 0.6) is 5.75 Å². The van der Waals surface area contributed by atoms with Gasteiger partial charge in [-0.15, -0.1) is 11.8 Å². The molecule has 0 aliphatic carbocycles. The number of carbonyl (C=O) groups excluding carboxylic acids is 3. The lowest BCUT2D eigenvalue weighted by atomic mass is 9.78. The number of nitrogens with zero attached hydrogens (tertiary/aromatic N) is 2. The van der Waals surface area contributed by atoms with Crippen LogP contribution in [0, 0.1) is 17.8 Å². The number of hydrogen-bond donors (Lipinski definition) is 1. The van der Waals surface area contributed by atoms with Gasteiger partial charge in [-0.1, -0.05) is 44.6 Å². The maximum absolute atomic E-state index is 14.5. The van der Waals surface area contributed by atoms with Crippen LogP contribution in [-0.4, -0.2) is 76.7 Å². The summed E-state index contributed by atoms with van der Waals surface area (Å²) in [5.41, 5.74) is 0.697. The molecule has 1 spiro atoms. The van der Waals surface area contributed by atoms with Crippen LogP contribution in [0.15, 0.2) is 48.6 Å². The van der Waals surface area contributed by atoms with Gasteiger partial charge in [0.1, 0.15) is 11.8 Å². The van der Waals surface area contributed by atoms with Crippen LogP contribution in [0.25, 0.3) is 0 Å². The summed E-state index contributed by atoms with van der Waals surface area (Å²) in [6.07, 6.45) is 10.3. The summed E-state index contributed by atoms with van der Waals surface area (Å²) in [6, 6.07) is 5.86. The fourth-order valence-corrected chi connectivity index (χ4v) is 8.35. The molecule has 0 aromatic heterocycles. The number of esters is 1. The molecular weight excluding hydrogens is 504 g/mol. The Labute approximate surface area is 228 Å². The summed E-state index contributed by atoms with van der Waals surface area (Å²) in [5, 5.41) is 10.2. The second-order valence-corrected chi connectivity index (χ2v) is 12.0. The molecule has 1 aromatic rings. The number of anilines is 1. The van der Waals surface area contributed by atoms with Crippen LogP contribution in [0.4, 0.5) is 5.69 Å². The highest BCUT2D eigenvalue weighted by atomic mass is 32.2. The lowest BCUT2D eigenvalue weighted by Gasteiger charge is -2.40. The number of amides is 2. The Morgan fingerprint density at radius 3 is 2.63 bits per heavy atom. The summed E-state index contributed by atoms with van der Waals surface area (Å²) in [6.45, 7) is 4.38. The SMILES string of the molecule is CC[C@H](C)[C@H](CO)N1C(=O)[C@@H]2[C@H]3C(=O)OCCC/C=C\[C@H]3S[C@@]23C=CCN(c2ccc(OC)cc2)C(=O)C13. The molecule has 7 atom stereocenters. The van der Waals surface area contributed by atoms with Gasteiger partial charge in [0.15, 0.2) is 0 Å². The number of aliphatic hydroxyl groups is 1. The normalized spacial score (nSPS) is 33.2. The van der Waals surface area contributed by atoms with Crippen molar-refractivity contribution >= 4 is 35.2 Å². The first-order valence-corrected chi connectivity index (χ1v) is 14.3. The molecule has 4 heterocycles. The third-order valence-corrected chi connectivity index (χ3v) is 10.3. The molecule has 1 unspecified atom stereocenters. The van der Waals surface area contributed by atoms with E-state index in [9.17, 15) is 19.5 Å². The second-order valence-electron chi connectivity index (χ2n) is 10.5. The molecule has 2 amide bonds. The topological polar surface area (TPSA) is 96.4 Å². The van der Waals surface area contributed by atoms with E-state index < -0.39 is 28.7 Å². The van der Waals surface area contributed by atoms with E-state index >= 15 is 0 Å². The number of methoxy groups -OCH3 is 1. The van der Waals surface area contributed by atoms with Gasteiger partial charge in [0.2, 0.25) is 5.91 Å². The van der Waals surface area contributed by atoms with Crippen LogP contribution in [0.2, 0.25) is 0 Å². The minimum atomic E-state index is -0.950. The van der Waals surface area contributed by atoms with Gasteiger partial charge in [-0.2, -0.15) is 0 Å². The Hall–Kier alpha value is -2.78. The van der Waals surface area contributed by atoms with Crippen LogP contribution in [0.3, 0.4) is 0 Å². The average molecular weight is 541 g/mol. The lowest BCUT2D eigenvalue weighted by molar-refractivity contribution is -0.153. The van der Waals surface area contributed by atoms with Crippen molar-refractivity contribution in [3.8, 4) is 5.75 Å². The molecule has 4 aliphatic rings. The van der Waals surface area contributed by atoms with Crippen molar-refractivity contribution in [2.75, 3.05) is 31.8 Å². The van der Waals surface area contributed by atoms with Crippen molar-refractivity contribution in [1.29, 1.82) is 0 Å². The number of likely N-dealkylation sites (tertiary alicyclic amines) is 1.